The summed E-state index contributed by atoms with van der Waals surface area (Å²) in [7, 11) is 0. The van der Waals surface area contributed by atoms with Crippen LogP contribution >= 0.6 is 0 Å². The first kappa shape index (κ1) is 20.6. The Kier molecular flexibility index (Phi) is 5.64. The maximum absolute atomic E-state index is 11.7. The molecule has 0 aromatic heterocycles. The first-order valence-corrected chi connectivity index (χ1v) is 9.92. The van der Waals surface area contributed by atoms with Crippen LogP contribution in [0.4, 0.5) is 0 Å². The van der Waals surface area contributed by atoms with Gasteiger partial charge < -0.3 is 5.11 Å². The number of benzene rings is 2. The molecule has 150 valence electrons. The van der Waals surface area contributed by atoms with Gasteiger partial charge in [0.1, 0.15) is 0 Å². The Morgan fingerprint density at radius 3 is 2.21 bits per heavy atom. The quantitative estimate of drug-likeness (QED) is 0.736. The lowest BCUT2D eigenvalue weighted by molar-refractivity contribution is -0.290. The highest BCUT2D eigenvalue weighted by Gasteiger charge is 2.47. The third-order valence-electron chi connectivity index (χ3n) is 5.83. The molecule has 1 N–H and O–H groups in total. The van der Waals surface area contributed by atoms with E-state index in [0.717, 1.165) is 18.4 Å². The number of hydroxylamine groups is 2. The number of aromatic carboxylic acids is 1. The third kappa shape index (κ3) is 4.13. The number of carboxylic acid groups (broad SMARTS) is 1. The molecule has 0 aliphatic carbocycles. The summed E-state index contributed by atoms with van der Waals surface area (Å²) in [5.74, 6) is -0.681. The van der Waals surface area contributed by atoms with E-state index in [1.54, 1.807) is 12.1 Å². The van der Waals surface area contributed by atoms with Crippen molar-refractivity contribution >= 4 is 5.97 Å². The fraction of sp³-hybridized carbons (Fsp3) is 0.458. The van der Waals surface area contributed by atoms with E-state index in [1.807, 2.05) is 24.3 Å². The summed E-state index contributed by atoms with van der Waals surface area (Å²) in [6, 6.07) is 15.7. The van der Waals surface area contributed by atoms with Crippen molar-refractivity contribution in [3.63, 3.8) is 0 Å². The van der Waals surface area contributed by atoms with Crippen molar-refractivity contribution in [3.05, 3.63) is 70.8 Å². The van der Waals surface area contributed by atoms with E-state index in [4.69, 9.17) is 4.84 Å². The summed E-state index contributed by atoms with van der Waals surface area (Å²) < 4.78 is 0. The number of hydrogen-bond acceptors (Lipinski definition) is 3. The van der Waals surface area contributed by atoms with Gasteiger partial charge in [0.2, 0.25) is 0 Å². The molecule has 28 heavy (non-hydrogen) atoms. The molecule has 0 unspecified atom stereocenters. The smallest absolute Gasteiger partial charge is 0.335 e. The van der Waals surface area contributed by atoms with E-state index in [0.29, 0.717) is 12.2 Å². The summed E-state index contributed by atoms with van der Waals surface area (Å²) in [4.78, 5) is 18.1. The molecule has 0 atom stereocenters. The fourth-order valence-electron chi connectivity index (χ4n) is 4.79. The van der Waals surface area contributed by atoms with Gasteiger partial charge >= 0.3 is 5.97 Å². The predicted molar refractivity (Wildman–Crippen MR) is 111 cm³/mol. The number of nitrogens with zero attached hydrogens (tertiary/aromatic N) is 1. The second-order valence-electron chi connectivity index (χ2n) is 9.12. The Balaban J connectivity index is 1.84. The summed E-state index contributed by atoms with van der Waals surface area (Å²) in [5.41, 5.74) is 3.31. The number of carbonyl (C=O) groups is 1. The van der Waals surface area contributed by atoms with Crippen LogP contribution < -0.4 is 0 Å². The van der Waals surface area contributed by atoms with Crippen molar-refractivity contribution in [1.29, 1.82) is 0 Å². The number of carboxylic acids is 1. The highest BCUT2D eigenvalue weighted by molar-refractivity contribution is 5.89. The standard InChI is InChI=1S/C24H31NO3/c1-17-10-6-7-11-18(17)16-28-25-23(2,3)14-19(15-24(25,4)5)20-12-8-9-13-21(20)22(26)27/h6-13,19H,14-16H2,1-5H3,(H,26,27). The average Bonchev–Trinajstić information content (AvgIpc) is 2.61. The zero-order valence-electron chi connectivity index (χ0n) is 17.5. The summed E-state index contributed by atoms with van der Waals surface area (Å²) in [6.07, 6.45) is 1.68. The molecule has 4 heteroatoms. The predicted octanol–water partition coefficient (Wildman–Crippen LogP) is 5.56. The van der Waals surface area contributed by atoms with E-state index in [2.05, 4.69) is 51.8 Å². The molecule has 1 heterocycles. The molecule has 2 aromatic rings. The van der Waals surface area contributed by atoms with Crippen LogP contribution in [-0.4, -0.2) is 27.2 Å². The molecule has 2 aromatic carbocycles. The molecule has 4 nitrogen and oxygen atoms in total. The molecule has 0 bridgehead atoms. The van der Waals surface area contributed by atoms with E-state index in [-0.39, 0.29) is 17.0 Å². The van der Waals surface area contributed by atoms with Crippen molar-refractivity contribution < 1.29 is 14.7 Å². The lowest BCUT2D eigenvalue weighted by atomic mass is 9.72. The minimum Gasteiger partial charge on any atom is -0.478 e. The SMILES string of the molecule is Cc1ccccc1CON1C(C)(C)CC(c2ccccc2C(=O)O)CC1(C)C. The molecule has 3 rings (SSSR count). The van der Waals surface area contributed by atoms with Gasteiger partial charge in [-0.15, -0.1) is 0 Å². The maximum Gasteiger partial charge on any atom is 0.335 e. The van der Waals surface area contributed by atoms with Crippen molar-refractivity contribution in [3.8, 4) is 0 Å². The van der Waals surface area contributed by atoms with Crippen molar-refractivity contribution in [1.82, 2.24) is 5.06 Å². The number of hydrogen-bond donors (Lipinski definition) is 1. The third-order valence-corrected chi connectivity index (χ3v) is 5.83. The molecule has 1 saturated heterocycles. The zero-order chi connectivity index (χ0) is 20.5. The Bertz CT molecular complexity index is 838. The second-order valence-corrected chi connectivity index (χ2v) is 9.12. The van der Waals surface area contributed by atoms with Gasteiger partial charge in [0.15, 0.2) is 0 Å². The van der Waals surface area contributed by atoms with Gasteiger partial charge in [0.05, 0.1) is 12.2 Å². The van der Waals surface area contributed by atoms with E-state index in [1.165, 1.54) is 11.1 Å². The zero-order valence-corrected chi connectivity index (χ0v) is 17.5. The van der Waals surface area contributed by atoms with Crippen LogP contribution in [0.2, 0.25) is 0 Å². The Hall–Kier alpha value is -2.17. The maximum atomic E-state index is 11.7. The molecule has 0 spiro atoms. The van der Waals surface area contributed by atoms with Crippen LogP contribution in [0.1, 0.15) is 73.5 Å². The second kappa shape index (κ2) is 7.69. The van der Waals surface area contributed by atoms with Crippen molar-refractivity contribution in [2.24, 2.45) is 0 Å². The first-order chi connectivity index (χ1) is 13.1. The van der Waals surface area contributed by atoms with Crippen LogP contribution in [0.5, 0.6) is 0 Å². The number of rotatable bonds is 5. The van der Waals surface area contributed by atoms with Gasteiger partial charge in [-0.2, -0.15) is 5.06 Å². The molecular weight excluding hydrogens is 350 g/mol. The van der Waals surface area contributed by atoms with Crippen LogP contribution in [0.15, 0.2) is 48.5 Å². The summed E-state index contributed by atoms with van der Waals surface area (Å²) >= 11 is 0. The number of aryl methyl sites for hydroxylation is 1. The molecular formula is C24H31NO3. The molecule has 0 amide bonds. The Morgan fingerprint density at radius 1 is 1.04 bits per heavy atom. The van der Waals surface area contributed by atoms with Gasteiger partial charge in [-0.1, -0.05) is 42.5 Å². The largest absolute Gasteiger partial charge is 0.478 e. The van der Waals surface area contributed by atoms with Crippen LogP contribution in [0.3, 0.4) is 0 Å². The van der Waals surface area contributed by atoms with Crippen molar-refractivity contribution in [2.75, 3.05) is 0 Å². The number of piperidine rings is 1. The van der Waals surface area contributed by atoms with Gasteiger partial charge in [-0.3, -0.25) is 4.84 Å². The van der Waals surface area contributed by atoms with Gasteiger partial charge in [0.25, 0.3) is 0 Å². The minimum atomic E-state index is -0.857. The lowest BCUT2D eigenvalue weighted by Gasteiger charge is -2.54. The molecule has 0 radical (unpaired) electrons. The monoisotopic (exact) mass is 381 g/mol. The molecule has 1 aliphatic heterocycles. The fourth-order valence-corrected chi connectivity index (χ4v) is 4.79. The van der Waals surface area contributed by atoms with E-state index >= 15 is 0 Å². The lowest BCUT2D eigenvalue weighted by Crippen LogP contribution is -2.59. The highest BCUT2D eigenvalue weighted by Crippen LogP contribution is 2.46. The van der Waals surface area contributed by atoms with Crippen LogP contribution in [-0.2, 0) is 11.4 Å². The topological polar surface area (TPSA) is 49.8 Å². The first-order valence-electron chi connectivity index (χ1n) is 9.92. The molecule has 1 aliphatic rings. The summed E-state index contributed by atoms with van der Waals surface area (Å²) in [5, 5.41) is 11.7. The Labute approximate surface area is 168 Å². The van der Waals surface area contributed by atoms with Crippen LogP contribution in [0, 0.1) is 6.92 Å². The van der Waals surface area contributed by atoms with Gasteiger partial charge in [-0.25, -0.2) is 4.79 Å². The highest BCUT2D eigenvalue weighted by atomic mass is 16.7. The molecule has 1 fully saturated rings. The van der Waals surface area contributed by atoms with Gasteiger partial charge in [0, 0.05) is 11.1 Å². The van der Waals surface area contributed by atoms with E-state index < -0.39 is 5.97 Å². The van der Waals surface area contributed by atoms with E-state index in [9.17, 15) is 9.90 Å². The normalized spacial score (nSPS) is 19.5. The average molecular weight is 382 g/mol. The van der Waals surface area contributed by atoms with Crippen molar-refractivity contribution in [2.45, 2.75) is 71.1 Å². The van der Waals surface area contributed by atoms with Crippen LogP contribution in [0.25, 0.3) is 0 Å². The molecule has 0 saturated carbocycles. The summed E-state index contributed by atoms with van der Waals surface area (Å²) in [6.45, 7) is 11.4. The minimum absolute atomic E-state index is 0.176. The van der Waals surface area contributed by atoms with Gasteiger partial charge in [-0.05, 0) is 76.1 Å². The Morgan fingerprint density at radius 2 is 1.61 bits per heavy atom.